The molecule has 0 amide bonds. The predicted molar refractivity (Wildman–Crippen MR) is 150 cm³/mol. The molecule has 1 atom stereocenters. The molecule has 2 aromatic carbocycles. The van der Waals surface area contributed by atoms with E-state index in [2.05, 4.69) is 38.4 Å². The topological polar surface area (TPSA) is 97.9 Å². The molecule has 39 heavy (non-hydrogen) atoms. The number of nitrogens with one attached hydrogen (secondary N) is 2. The molecule has 1 saturated heterocycles. The lowest BCUT2D eigenvalue weighted by Gasteiger charge is -2.35. The molecular formula is C29H28N4O5S. The monoisotopic (exact) mass is 544 g/mol. The van der Waals surface area contributed by atoms with Crippen molar-refractivity contribution in [3.8, 4) is 23.1 Å². The first-order valence-corrected chi connectivity index (χ1v) is 13.4. The Morgan fingerprint density at radius 3 is 2.90 bits per heavy atom. The molecule has 2 N–H and O–H groups in total. The highest BCUT2D eigenvalue weighted by molar-refractivity contribution is 7.99. The molecule has 2 aliphatic heterocycles. The van der Waals surface area contributed by atoms with E-state index in [1.54, 1.807) is 44.4 Å². The number of morpholine rings is 1. The Labute approximate surface area is 230 Å². The molecule has 4 heterocycles. The SMILES string of the molecule is COc1cc(CNc2ccc3c(c2)Sc2cccc(C4CN(c5cc[nH]c(=O)c5)CCO4)c2O3)cnc1OC. The molecule has 0 saturated carbocycles. The van der Waals surface area contributed by atoms with E-state index in [9.17, 15) is 4.79 Å². The van der Waals surface area contributed by atoms with Gasteiger partial charge < -0.3 is 34.1 Å². The largest absolute Gasteiger partial charge is 0.491 e. The minimum absolute atomic E-state index is 0.113. The molecule has 0 spiro atoms. The van der Waals surface area contributed by atoms with Crippen molar-refractivity contribution in [3.05, 3.63) is 88.5 Å². The summed E-state index contributed by atoms with van der Waals surface area (Å²) in [5, 5.41) is 3.46. The third-order valence-corrected chi connectivity index (χ3v) is 7.79. The molecule has 2 aromatic heterocycles. The van der Waals surface area contributed by atoms with Gasteiger partial charge in [0.1, 0.15) is 17.6 Å². The van der Waals surface area contributed by atoms with E-state index in [1.807, 2.05) is 30.3 Å². The average molecular weight is 545 g/mol. The fourth-order valence-electron chi connectivity index (χ4n) is 4.76. The number of fused-ring (bicyclic) bond motifs is 2. The van der Waals surface area contributed by atoms with Crippen LogP contribution in [0.3, 0.4) is 0 Å². The molecule has 0 bridgehead atoms. The summed E-state index contributed by atoms with van der Waals surface area (Å²) in [6.07, 6.45) is 3.27. The highest BCUT2D eigenvalue weighted by Crippen LogP contribution is 2.50. The smallest absolute Gasteiger partial charge is 0.256 e. The van der Waals surface area contributed by atoms with E-state index in [-0.39, 0.29) is 11.7 Å². The summed E-state index contributed by atoms with van der Waals surface area (Å²) >= 11 is 1.68. The number of H-pyrrole nitrogens is 1. The van der Waals surface area contributed by atoms with E-state index < -0.39 is 0 Å². The molecule has 10 heteroatoms. The van der Waals surface area contributed by atoms with Crippen molar-refractivity contribution in [1.82, 2.24) is 9.97 Å². The number of pyridine rings is 2. The second-order valence-electron chi connectivity index (χ2n) is 9.17. The van der Waals surface area contributed by atoms with Gasteiger partial charge >= 0.3 is 0 Å². The van der Waals surface area contributed by atoms with E-state index >= 15 is 0 Å². The van der Waals surface area contributed by atoms with Crippen molar-refractivity contribution in [2.45, 2.75) is 22.4 Å². The number of benzene rings is 2. The lowest BCUT2D eigenvalue weighted by Crippen LogP contribution is -2.39. The van der Waals surface area contributed by atoms with Gasteiger partial charge in [-0.2, -0.15) is 0 Å². The number of para-hydroxylation sites is 1. The van der Waals surface area contributed by atoms with Crippen LogP contribution >= 0.6 is 11.8 Å². The van der Waals surface area contributed by atoms with Gasteiger partial charge in [-0.15, -0.1) is 0 Å². The molecule has 2 aliphatic rings. The zero-order valence-electron chi connectivity index (χ0n) is 21.6. The quantitative estimate of drug-likeness (QED) is 0.285. The van der Waals surface area contributed by atoms with Gasteiger partial charge in [-0.3, -0.25) is 4.79 Å². The lowest BCUT2D eigenvalue weighted by molar-refractivity contribution is 0.0383. The van der Waals surface area contributed by atoms with E-state index in [4.69, 9.17) is 18.9 Å². The first-order valence-electron chi connectivity index (χ1n) is 12.6. The van der Waals surface area contributed by atoms with Gasteiger partial charge in [-0.25, -0.2) is 4.98 Å². The van der Waals surface area contributed by atoms with Crippen LogP contribution in [-0.2, 0) is 11.3 Å². The maximum Gasteiger partial charge on any atom is 0.256 e. The molecule has 200 valence electrons. The second kappa shape index (κ2) is 10.9. The first-order chi connectivity index (χ1) is 19.1. The average Bonchev–Trinajstić information content (AvgIpc) is 2.98. The minimum atomic E-state index is -0.175. The molecule has 6 rings (SSSR count). The fraction of sp³-hybridized carbons (Fsp3) is 0.241. The van der Waals surface area contributed by atoms with Crippen molar-refractivity contribution in [2.24, 2.45) is 0 Å². The third-order valence-electron chi connectivity index (χ3n) is 6.71. The Bertz CT molecular complexity index is 1560. The first kappa shape index (κ1) is 25.1. The van der Waals surface area contributed by atoms with Crippen LogP contribution in [0, 0.1) is 0 Å². The van der Waals surface area contributed by atoms with Crippen molar-refractivity contribution >= 4 is 23.1 Å². The van der Waals surface area contributed by atoms with Crippen LogP contribution in [0.1, 0.15) is 17.2 Å². The molecular weight excluding hydrogens is 516 g/mol. The number of aromatic amines is 1. The zero-order chi connectivity index (χ0) is 26.8. The summed E-state index contributed by atoms with van der Waals surface area (Å²) in [6, 6.07) is 17.7. The van der Waals surface area contributed by atoms with Crippen LogP contribution in [0.4, 0.5) is 11.4 Å². The third kappa shape index (κ3) is 5.25. The lowest BCUT2D eigenvalue weighted by atomic mass is 10.1. The van der Waals surface area contributed by atoms with Crippen molar-refractivity contribution in [2.75, 3.05) is 44.1 Å². The van der Waals surface area contributed by atoms with Crippen molar-refractivity contribution in [1.29, 1.82) is 0 Å². The number of aromatic nitrogens is 2. The Hall–Kier alpha value is -4.15. The van der Waals surface area contributed by atoms with Crippen LogP contribution in [0.5, 0.6) is 23.1 Å². The van der Waals surface area contributed by atoms with Gasteiger partial charge in [0.15, 0.2) is 5.75 Å². The summed E-state index contributed by atoms with van der Waals surface area (Å²) in [6.45, 7) is 2.51. The number of hydrogen-bond acceptors (Lipinski definition) is 9. The molecule has 1 fully saturated rings. The molecule has 0 radical (unpaired) electrons. The summed E-state index contributed by atoms with van der Waals surface area (Å²) in [5.41, 5.74) is 3.73. The van der Waals surface area contributed by atoms with Gasteiger partial charge in [0.2, 0.25) is 5.56 Å². The van der Waals surface area contributed by atoms with Gasteiger partial charge in [0.05, 0.1) is 30.6 Å². The molecule has 9 nitrogen and oxygen atoms in total. The Morgan fingerprint density at radius 2 is 2.05 bits per heavy atom. The fourth-order valence-corrected chi connectivity index (χ4v) is 5.79. The number of rotatable bonds is 7. The van der Waals surface area contributed by atoms with Crippen molar-refractivity contribution < 1.29 is 18.9 Å². The summed E-state index contributed by atoms with van der Waals surface area (Å²) < 4.78 is 23.2. The molecule has 1 unspecified atom stereocenters. The van der Waals surface area contributed by atoms with Crippen LogP contribution in [-0.4, -0.2) is 43.9 Å². The van der Waals surface area contributed by atoms with Gasteiger partial charge in [0, 0.05) is 55.0 Å². The molecule has 4 aromatic rings. The number of hydrogen-bond donors (Lipinski definition) is 2. The number of anilines is 2. The Kier molecular flexibility index (Phi) is 7.04. The zero-order valence-corrected chi connectivity index (χ0v) is 22.4. The summed E-state index contributed by atoms with van der Waals surface area (Å²) in [4.78, 5) is 23.1. The number of nitrogens with zero attached hydrogens (tertiary/aromatic N) is 2. The Morgan fingerprint density at radius 1 is 1.13 bits per heavy atom. The summed E-state index contributed by atoms with van der Waals surface area (Å²) in [5.74, 6) is 2.69. The van der Waals surface area contributed by atoms with Crippen molar-refractivity contribution in [3.63, 3.8) is 0 Å². The maximum absolute atomic E-state index is 11.8. The van der Waals surface area contributed by atoms with Gasteiger partial charge in [0.25, 0.3) is 5.88 Å². The number of methoxy groups -OCH3 is 2. The van der Waals surface area contributed by atoms with E-state index in [0.717, 1.165) is 50.3 Å². The Balaban J connectivity index is 1.18. The highest BCUT2D eigenvalue weighted by Gasteiger charge is 2.29. The molecule has 0 aliphatic carbocycles. The standard InChI is InChI=1S/C29H28N4O5S/c1-35-23-12-18(16-32-29(23)36-2)15-31-19-6-7-22-26(13-19)39-25-5-3-4-21(28(25)38-22)24-17-33(10-11-37-24)20-8-9-30-27(34)14-20/h3-9,12-14,16,24,31H,10-11,15,17H2,1-2H3,(H,30,34). The van der Waals surface area contributed by atoms with E-state index in [1.165, 1.54) is 0 Å². The predicted octanol–water partition coefficient (Wildman–Crippen LogP) is 5.23. The summed E-state index contributed by atoms with van der Waals surface area (Å²) in [7, 11) is 3.17. The van der Waals surface area contributed by atoms with Gasteiger partial charge in [-0.1, -0.05) is 23.9 Å². The normalized spacial score (nSPS) is 16.1. The minimum Gasteiger partial charge on any atom is -0.491 e. The van der Waals surface area contributed by atoms with E-state index in [0.29, 0.717) is 31.3 Å². The van der Waals surface area contributed by atoms with Crippen LogP contribution in [0.25, 0.3) is 0 Å². The number of ether oxygens (including phenoxy) is 4. The second-order valence-corrected chi connectivity index (χ2v) is 10.2. The highest BCUT2D eigenvalue weighted by atomic mass is 32.2. The van der Waals surface area contributed by atoms with Crippen LogP contribution in [0.2, 0.25) is 0 Å². The van der Waals surface area contributed by atoms with Crippen LogP contribution < -0.4 is 30.0 Å². The van der Waals surface area contributed by atoms with Gasteiger partial charge in [-0.05, 0) is 42.0 Å². The van der Waals surface area contributed by atoms with Crippen LogP contribution in [0.15, 0.2) is 81.6 Å². The maximum atomic E-state index is 11.8.